The third kappa shape index (κ3) is 6.25. The van der Waals surface area contributed by atoms with Crippen LogP contribution in [0.15, 0.2) is 72.9 Å². The summed E-state index contributed by atoms with van der Waals surface area (Å²) in [5.74, 6) is 1.17. The normalized spacial score (nSPS) is 11.1. The van der Waals surface area contributed by atoms with Gasteiger partial charge in [0.15, 0.2) is 0 Å². The van der Waals surface area contributed by atoms with Crippen LogP contribution in [0.3, 0.4) is 0 Å². The first kappa shape index (κ1) is 24.9. The van der Waals surface area contributed by atoms with Gasteiger partial charge in [-0.25, -0.2) is 9.48 Å². The zero-order valence-corrected chi connectivity index (χ0v) is 19.5. The Morgan fingerprint density at radius 3 is 2.42 bits per heavy atom. The molecule has 8 nitrogen and oxygen atoms in total. The lowest BCUT2D eigenvalue weighted by molar-refractivity contribution is -0.137. The monoisotopic (exact) mass is 517 g/mol. The van der Waals surface area contributed by atoms with Gasteiger partial charge in [0.2, 0.25) is 0 Å². The molecule has 0 spiro atoms. The number of methoxy groups -OCH3 is 1. The van der Waals surface area contributed by atoms with Crippen molar-refractivity contribution in [3.8, 4) is 17.2 Å². The van der Waals surface area contributed by atoms with E-state index in [0.717, 1.165) is 23.6 Å². The molecule has 0 saturated heterocycles. The number of nitrogens with zero attached hydrogens (tertiary/aromatic N) is 3. The number of amides is 2. The molecule has 0 aliphatic rings. The van der Waals surface area contributed by atoms with Gasteiger partial charge in [0, 0.05) is 17.4 Å². The fourth-order valence-corrected chi connectivity index (χ4v) is 3.38. The molecule has 0 unspecified atom stereocenters. The van der Waals surface area contributed by atoms with E-state index in [2.05, 4.69) is 20.9 Å². The van der Waals surface area contributed by atoms with Gasteiger partial charge in [-0.1, -0.05) is 22.9 Å². The molecule has 186 valence electrons. The molecular formula is C24H19ClF3N5O3. The summed E-state index contributed by atoms with van der Waals surface area (Å²) in [5.41, 5.74) is 0.648. The fraction of sp³-hybridized carbons (Fsp3) is 0.125. The summed E-state index contributed by atoms with van der Waals surface area (Å²) in [6.45, 7) is 0.122. The van der Waals surface area contributed by atoms with Crippen LogP contribution in [0.25, 0.3) is 5.69 Å². The average Bonchev–Trinajstić information content (AvgIpc) is 3.33. The lowest BCUT2D eigenvalue weighted by Crippen LogP contribution is -2.20. The number of hydrogen-bond donors (Lipinski definition) is 2. The number of anilines is 2. The van der Waals surface area contributed by atoms with Crippen LogP contribution in [-0.4, -0.2) is 28.1 Å². The van der Waals surface area contributed by atoms with E-state index >= 15 is 0 Å². The number of aromatic nitrogens is 3. The third-order valence-electron chi connectivity index (χ3n) is 4.89. The molecule has 0 fully saturated rings. The van der Waals surface area contributed by atoms with E-state index in [-0.39, 0.29) is 12.3 Å². The summed E-state index contributed by atoms with van der Waals surface area (Å²) in [6, 6.07) is 16.2. The summed E-state index contributed by atoms with van der Waals surface area (Å²) in [4.78, 5) is 12.3. The number of alkyl halides is 3. The van der Waals surface area contributed by atoms with Crippen LogP contribution in [0.2, 0.25) is 5.02 Å². The van der Waals surface area contributed by atoms with Crippen molar-refractivity contribution in [2.24, 2.45) is 0 Å². The van der Waals surface area contributed by atoms with Crippen molar-refractivity contribution in [1.29, 1.82) is 0 Å². The zero-order valence-electron chi connectivity index (χ0n) is 18.7. The van der Waals surface area contributed by atoms with E-state index in [9.17, 15) is 18.0 Å². The number of carbonyl (C=O) groups excluding carboxylic acids is 1. The highest BCUT2D eigenvalue weighted by Gasteiger charge is 2.33. The van der Waals surface area contributed by atoms with E-state index < -0.39 is 22.8 Å². The topological polar surface area (TPSA) is 90.3 Å². The number of benzene rings is 3. The molecule has 0 aliphatic heterocycles. The van der Waals surface area contributed by atoms with Gasteiger partial charge in [-0.15, -0.1) is 5.10 Å². The lowest BCUT2D eigenvalue weighted by Gasteiger charge is -2.13. The maximum atomic E-state index is 13.0. The van der Waals surface area contributed by atoms with Gasteiger partial charge < -0.3 is 20.1 Å². The molecule has 12 heteroatoms. The number of urea groups is 1. The van der Waals surface area contributed by atoms with Crippen LogP contribution in [0.1, 0.15) is 11.3 Å². The van der Waals surface area contributed by atoms with Crippen molar-refractivity contribution in [3.05, 3.63) is 89.2 Å². The second-order valence-corrected chi connectivity index (χ2v) is 7.85. The Labute approximate surface area is 208 Å². The Morgan fingerprint density at radius 2 is 1.72 bits per heavy atom. The molecule has 0 aliphatic carbocycles. The second-order valence-electron chi connectivity index (χ2n) is 7.44. The van der Waals surface area contributed by atoms with Crippen LogP contribution in [0.4, 0.5) is 29.3 Å². The maximum absolute atomic E-state index is 13.0. The van der Waals surface area contributed by atoms with Crippen LogP contribution in [-0.2, 0) is 12.8 Å². The molecule has 0 atom stereocenters. The van der Waals surface area contributed by atoms with Crippen molar-refractivity contribution >= 4 is 29.0 Å². The molecule has 4 aromatic rings. The summed E-state index contributed by atoms with van der Waals surface area (Å²) < 4.78 is 51.6. The first-order valence-electron chi connectivity index (χ1n) is 10.4. The number of ether oxygens (including phenoxy) is 2. The highest BCUT2D eigenvalue weighted by molar-refractivity contribution is 6.31. The van der Waals surface area contributed by atoms with Crippen LogP contribution >= 0.6 is 11.6 Å². The molecule has 4 rings (SSSR count). The minimum atomic E-state index is -4.64. The van der Waals surface area contributed by atoms with Gasteiger partial charge in [0.05, 0.1) is 29.6 Å². The minimum Gasteiger partial charge on any atom is -0.497 e. The predicted octanol–water partition coefficient (Wildman–Crippen LogP) is 6.17. The number of hydrogen-bond acceptors (Lipinski definition) is 5. The van der Waals surface area contributed by atoms with E-state index in [0.29, 0.717) is 17.1 Å². The lowest BCUT2D eigenvalue weighted by atomic mass is 10.2. The van der Waals surface area contributed by atoms with Gasteiger partial charge in [0.1, 0.15) is 23.8 Å². The summed E-state index contributed by atoms with van der Waals surface area (Å²) in [7, 11) is 1.59. The van der Waals surface area contributed by atoms with E-state index in [1.54, 1.807) is 42.3 Å². The predicted molar refractivity (Wildman–Crippen MR) is 128 cm³/mol. The van der Waals surface area contributed by atoms with E-state index in [4.69, 9.17) is 21.1 Å². The van der Waals surface area contributed by atoms with Crippen molar-refractivity contribution in [1.82, 2.24) is 15.0 Å². The molecule has 1 aromatic heterocycles. The van der Waals surface area contributed by atoms with Gasteiger partial charge in [-0.05, 0) is 54.6 Å². The Hall–Kier alpha value is -4.25. The average molecular weight is 518 g/mol. The summed E-state index contributed by atoms with van der Waals surface area (Å²) in [5, 5.41) is 12.6. The number of rotatable bonds is 7. The summed E-state index contributed by atoms with van der Waals surface area (Å²) >= 11 is 5.61. The van der Waals surface area contributed by atoms with Gasteiger partial charge in [-0.2, -0.15) is 13.2 Å². The minimum absolute atomic E-state index is 0.0587. The highest BCUT2D eigenvalue weighted by Crippen LogP contribution is 2.36. The molecule has 2 N–H and O–H groups in total. The fourth-order valence-electron chi connectivity index (χ4n) is 3.16. The molecule has 3 aromatic carbocycles. The van der Waals surface area contributed by atoms with Crippen LogP contribution in [0.5, 0.6) is 11.5 Å². The zero-order chi connectivity index (χ0) is 25.7. The molecule has 0 saturated carbocycles. The second kappa shape index (κ2) is 10.6. The Balaban J connectivity index is 1.35. The molecule has 1 heterocycles. The maximum Gasteiger partial charge on any atom is 0.417 e. The number of carbonyl (C=O) groups is 1. The standard InChI is InChI=1S/C24H19ClF3N5O3/c1-35-19-8-6-18(7-9-19)33-13-17(31-32-33)14-36-20-4-2-3-15(11-20)29-23(34)30-16-5-10-22(25)21(12-16)24(26,27)28/h2-13H,14H2,1H3,(H2,29,30,34). The molecular weight excluding hydrogens is 499 g/mol. The quantitative estimate of drug-likeness (QED) is 0.306. The van der Waals surface area contributed by atoms with Gasteiger partial charge >= 0.3 is 12.2 Å². The highest BCUT2D eigenvalue weighted by atomic mass is 35.5. The molecule has 0 bridgehead atoms. The van der Waals surface area contributed by atoms with Gasteiger partial charge in [0.25, 0.3) is 0 Å². The third-order valence-corrected chi connectivity index (χ3v) is 5.22. The number of halogens is 4. The van der Waals surface area contributed by atoms with Crippen molar-refractivity contribution in [3.63, 3.8) is 0 Å². The van der Waals surface area contributed by atoms with Gasteiger partial charge in [-0.3, -0.25) is 0 Å². The van der Waals surface area contributed by atoms with Crippen molar-refractivity contribution < 1.29 is 27.4 Å². The van der Waals surface area contributed by atoms with E-state index in [1.807, 2.05) is 24.3 Å². The Morgan fingerprint density at radius 1 is 1.00 bits per heavy atom. The van der Waals surface area contributed by atoms with Crippen molar-refractivity contribution in [2.75, 3.05) is 17.7 Å². The first-order valence-corrected chi connectivity index (χ1v) is 10.8. The van der Waals surface area contributed by atoms with Crippen LogP contribution in [0, 0.1) is 0 Å². The summed E-state index contributed by atoms with van der Waals surface area (Å²) in [6.07, 6.45) is -2.92. The number of nitrogens with one attached hydrogen (secondary N) is 2. The smallest absolute Gasteiger partial charge is 0.417 e. The Bertz CT molecular complexity index is 1360. The largest absolute Gasteiger partial charge is 0.497 e. The SMILES string of the molecule is COc1ccc(-n2cc(COc3cccc(NC(=O)Nc4ccc(Cl)c(C(F)(F)F)c4)c3)nn2)cc1. The van der Waals surface area contributed by atoms with E-state index in [1.165, 1.54) is 6.07 Å². The molecule has 36 heavy (non-hydrogen) atoms. The van der Waals surface area contributed by atoms with Crippen molar-refractivity contribution in [2.45, 2.75) is 12.8 Å². The Kier molecular flexibility index (Phi) is 7.30. The van der Waals surface area contributed by atoms with Crippen LogP contribution < -0.4 is 20.1 Å². The molecule has 2 amide bonds. The molecule has 0 radical (unpaired) electrons. The first-order chi connectivity index (χ1) is 17.2.